The summed E-state index contributed by atoms with van der Waals surface area (Å²) < 4.78 is 5.09. The Morgan fingerprint density at radius 2 is 2.47 bits per heavy atom. The average molecular weight is 276 g/mol. The van der Waals surface area contributed by atoms with Crippen molar-refractivity contribution in [1.29, 1.82) is 0 Å². The van der Waals surface area contributed by atoms with Crippen LogP contribution >= 0.6 is 11.3 Å². The van der Waals surface area contributed by atoms with Crippen molar-refractivity contribution >= 4 is 22.4 Å². The Labute approximate surface area is 114 Å². The van der Waals surface area contributed by atoms with Gasteiger partial charge in [-0.3, -0.25) is 10.1 Å². The van der Waals surface area contributed by atoms with E-state index in [0.717, 1.165) is 10.4 Å². The predicted octanol–water partition coefficient (Wildman–Crippen LogP) is 2.03. The predicted molar refractivity (Wildman–Crippen MR) is 72.1 cm³/mol. The normalized spacial score (nSPS) is 9.79. The average Bonchev–Trinajstić information content (AvgIpc) is 2.99. The van der Waals surface area contributed by atoms with E-state index >= 15 is 0 Å². The smallest absolute Gasteiger partial charge is 0.293 e. The fourth-order valence-corrected chi connectivity index (χ4v) is 2.04. The van der Waals surface area contributed by atoms with Crippen LogP contribution in [0.25, 0.3) is 0 Å². The van der Waals surface area contributed by atoms with E-state index in [1.165, 1.54) is 17.6 Å². The monoisotopic (exact) mass is 276 g/mol. The van der Waals surface area contributed by atoms with Gasteiger partial charge in [-0.2, -0.15) is 0 Å². The first-order chi connectivity index (χ1) is 9.20. The zero-order chi connectivity index (χ0) is 13.7. The van der Waals surface area contributed by atoms with Crippen LogP contribution in [0.4, 0.5) is 5.13 Å². The molecular weight excluding hydrogens is 264 g/mol. The summed E-state index contributed by atoms with van der Waals surface area (Å²) in [7, 11) is 0. The Bertz CT molecular complexity index is 634. The van der Waals surface area contributed by atoms with Crippen LogP contribution in [0.15, 0.2) is 22.9 Å². The molecule has 6 heteroatoms. The highest BCUT2D eigenvalue weighted by molar-refractivity contribution is 7.16. The molecule has 0 aliphatic carbocycles. The molecule has 0 aliphatic heterocycles. The molecule has 0 saturated heterocycles. The molecule has 0 spiro atoms. The lowest BCUT2D eigenvalue weighted by atomic mass is 10.3. The number of amides is 1. The molecule has 2 aromatic rings. The van der Waals surface area contributed by atoms with Crippen molar-refractivity contribution in [3.63, 3.8) is 0 Å². The highest BCUT2D eigenvalue weighted by atomic mass is 32.1. The van der Waals surface area contributed by atoms with Gasteiger partial charge in [0.1, 0.15) is 0 Å². The summed E-state index contributed by atoms with van der Waals surface area (Å²) in [6.07, 6.45) is 3.47. The number of furan rings is 1. The summed E-state index contributed by atoms with van der Waals surface area (Å²) in [5.41, 5.74) is 0.775. The van der Waals surface area contributed by atoms with Crippen LogP contribution in [0.2, 0.25) is 0 Å². The second-order valence-electron chi connectivity index (χ2n) is 3.69. The Morgan fingerprint density at radius 3 is 3.16 bits per heavy atom. The van der Waals surface area contributed by atoms with Crippen molar-refractivity contribution in [2.75, 3.05) is 11.9 Å². The molecule has 2 heterocycles. The molecule has 0 unspecified atom stereocenters. The third-order valence-electron chi connectivity index (χ3n) is 2.24. The lowest BCUT2D eigenvalue weighted by Gasteiger charge is -1.98. The van der Waals surface area contributed by atoms with Crippen LogP contribution in [0.5, 0.6) is 0 Å². The molecule has 0 aromatic carbocycles. The molecule has 2 rings (SSSR count). The molecule has 0 atom stereocenters. The number of hydrogen-bond donors (Lipinski definition) is 2. The first-order valence-corrected chi connectivity index (χ1v) is 6.43. The first-order valence-electron chi connectivity index (χ1n) is 5.61. The fraction of sp³-hybridized carbons (Fsp3) is 0.231. The van der Waals surface area contributed by atoms with Crippen molar-refractivity contribution < 1.29 is 14.3 Å². The Balaban J connectivity index is 2.03. The quantitative estimate of drug-likeness (QED) is 0.841. The lowest BCUT2D eigenvalue weighted by Crippen LogP contribution is -2.11. The number of thiazole rings is 1. The largest absolute Gasteiger partial charge is 0.459 e. The minimum atomic E-state index is -0.327. The number of rotatable bonds is 3. The number of carbonyl (C=O) groups is 1. The maximum absolute atomic E-state index is 11.9. The summed E-state index contributed by atoms with van der Waals surface area (Å²) in [6, 6.07) is 1.72. The highest BCUT2D eigenvalue weighted by Gasteiger charge is 2.14. The van der Waals surface area contributed by atoms with Gasteiger partial charge in [0.25, 0.3) is 5.91 Å². The number of hydrogen-bond acceptors (Lipinski definition) is 5. The van der Waals surface area contributed by atoms with Gasteiger partial charge >= 0.3 is 0 Å². The van der Waals surface area contributed by atoms with E-state index < -0.39 is 0 Å². The second-order valence-corrected chi connectivity index (χ2v) is 4.72. The van der Waals surface area contributed by atoms with E-state index in [1.54, 1.807) is 19.2 Å². The number of aliphatic hydroxyl groups excluding tert-OH is 1. The van der Waals surface area contributed by atoms with Crippen molar-refractivity contribution in [3.8, 4) is 11.8 Å². The number of aromatic nitrogens is 1. The Morgan fingerprint density at radius 1 is 1.63 bits per heavy atom. The zero-order valence-corrected chi connectivity index (χ0v) is 11.1. The second kappa shape index (κ2) is 6.18. The molecule has 2 N–H and O–H groups in total. The van der Waals surface area contributed by atoms with Crippen molar-refractivity contribution in [3.05, 3.63) is 34.7 Å². The van der Waals surface area contributed by atoms with Crippen molar-refractivity contribution in [2.24, 2.45) is 0 Å². The first kappa shape index (κ1) is 13.3. The van der Waals surface area contributed by atoms with Crippen LogP contribution in [0, 0.1) is 18.8 Å². The van der Waals surface area contributed by atoms with Crippen LogP contribution < -0.4 is 5.32 Å². The molecule has 1 amide bonds. The lowest BCUT2D eigenvalue weighted by molar-refractivity contribution is 0.0996. The number of nitrogens with zero attached hydrogens (tertiary/aromatic N) is 1. The molecule has 0 radical (unpaired) electrons. The van der Waals surface area contributed by atoms with E-state index in [9.17, 15) is 4.79 Å². The van der Waals surface area contributed by atoms with Gasteiger partial charge in [0.15, 0.2) is 10.9 Å². The van der Waals surface area contributed by atoms with Gasteiger partial charge in [-0.15, -0.1) is 0 Å². The van der Waals surface area contributed by atoms with Crippen LogP contribution in [-0.2, 0) is 0 Å². The van der Waals surface area contributed by atoms with Gasteiger partial charge in [0.05, 0.1) is 23.9 Å². The summed E-state index contributed by atoms with van der Waals surface area (Å²) in [6.45, 7) is 1.83. The number of aryl methyl sites for hydroxylation is 1. The minimum absolute atomic E-state index is 0.0349. The molecule has 98 valence electrons. The Hall–Kier alpha value is -2.10. The topological polar surface area (TPSA) is 75.4 Å². The van der Waals surface area contributed by atoms with E-state index in [1.807, 2.05) is 0 Å². The van der Waals surface area contributed by atoms with Crippen molar-refractivity contribution in [2.45, 2.75) is 13.3 Å². The minimum Gasteiger partial charge on any atom is -0.459 e. The third-order valence-corrected chi connectivity index (χ3v) is 3.07. The van der Waals surface area contributed by atoms with Gasteiger partial charge in [-0.05, 0) is 13.0 Å². The number of anilines is 1. The van der Waals surface area contributed by atoms with Gasteiger partial charge in [0.2, 0.25) is 0 Å². The Kier molecular flexibility index (Phi) is 4.34. The molecule has 2 aromatic heterocycles. The van der Waals surface area contributed by atoms with Gasteiger partial charge < -0.3 is 9.52 Å². The summed E-state index contributed by atoms with van der Waals surface area (Å²) in [4.78, 5) is 16.6. The van der Waals surface area contributed by atoms with Crippen LogP contribution in [0.3, 0.4) is 0 Å². The molecule has 0 aliphatic rings. The third kappa shape index (κ3) is 3.44. The highest BCUT2D eigenvalue weighted by Crippen LogP contribution is 2.19. The van der Waals surface area contributed by atoms with E-state index in [-0.39, 0.29) is 18.3 Å². The van der Waals surface area contributed by atoms with Crippen molar-refractivity contribution in [1.82, 2.24) is 4.98 Å². The number of aliphatic hydroxyl groups is 1. The fourth-order valence-electron chi connectivity index (χ4n) is 1.35. The summed E-state index contributed by atoms with van der Waals surface area (Å²) in [5.74, 6) is 5.60. The van der Waals surface area contributed by atoms with E-state index in [0.29, 0.717) is 11.6 Å². The van der Waals surface area contributed by atoms with Gasteiger partial charge in [0, 0.05) is 12.0 Å². The number of carbonyl (C=O) groups excluding carboxylic acids is 1. The summed E-state index contributed by atoms with van der Waals surface area (Å²) in [5, 5.41) is 11.7. The van der Waals surface area contributed by atoms with E-state index in [2.05, 4.69) is 22.1 Å². The van der Waals surface area contributed by atoms with Crippen LogP contribution in [-0.4, -0.2) is 22.6 Å². The maximum Gasteiger partial charge on any atom is 0.293 e. The molecular formula is C13H12N2O3S. The molecule has 0 saturated carbocycles. The number of nitrogens with one attached hydrogen (secondary N) is 1. The van der Waals surface area contributed by atoms with Gasteiger partial charge in [-0.1, -0.05) is 23.2 Å². The molecule has 5 nitrogen and oxygen atoms in total. The molecule has 0 bridgehead atoms. The van der Waals surface area contributed by atoms with E-state index in [4.69, 9.17) is 9.52 Å². The maximum atomic E-state index is 11.9. The SMILES string of the molecule is Cc1ccoc1C(=O)Nc1ncc(C#CCCO)s1. The molecule has 0 fully saturated rings. The zero-order valence-electron chi connectivity index (χ0n) is 10.3. The standard InChI is InChI=1S/C13H12N2O3S/c1-9-5-7-18-11(9)12(17)15-13-14-8-10(19-13)4-2-3-6-16/h5,7-8,16H,3,6H2,1H3,(H,14,15,17). The van der Waals surface area contributed by atoms with Gasteiger partial charge in [-0.25, -0.2) is 4.98 Å². The van der Waals surface area contributed by atoms with Crippen LogP contribution in [0.1, 0.15) is 27.4 Å². The molecule has 19 heavy (non-hydrogen) atoms. The summed E-state index contributed by atoms with van der Waals surface area (Å²) >= 11 is 1.27.